The Labute approximate surface area is 215 Å². The molecule has 0 bridgehead atoms. The Morgan fingerprint density at radius 2 is 1.70 bits per heavy atom. The minimum absolute atomic E-state index is 0.0997. The van der Waals surface area contributed by atoms with Crippen LogP contribution in [0.3, 0.4) is 0 Å². The maximum absolute atomic E-state index is 13.5. The first-order valence-corrected chi connectivity index (χ1v) is 13.0. The van der Waals surface area contributed by atoms with Crippen LogP contribution in [0, 0.1) is 0 Å². The summed E-state index contributed by atoms with van der Waals surface area (Å²) in [4.78, 5) is 30.0. The van der Waals surface area contributed by atoms with Crippen molar-refractivity contribution in [3.63, 3.8) is 0 Å². The fraction of sp³-hybridized carbons (Fsp3) is 0.654. The fourth-order valence-electron chi connectivity index (χ4n) is 5.95. The molecule has 37 heavy (non-hydrogen) atoms. The third-order valence-electron chi connectivity index (χ3n) is 8.06. The molecule has 11 heteroatoms. The summed E-state index contributed by atoms with van der Waals surface area (Å²) in [6, 6.07) is 3.83. The number of likely N-dealkylation sites (tertiary alicyclic amines) is 2. The zero-order chi connectivity index (χ0) is 26.8. The molecule has 3 heterocycles. The molecule has 1 aromatic carbocycles. The summed E-state index contributed by atoms with van der Waals surface area (Å²) in [5, 5.41) is 13.9. The van der Waals surface area contributed by atoms with E-state index in [0.717, 1.165) is 75.2 Å². The highest BCUT2D eigenvalue weighted by molar-refractivity contribution is 6.34. The Morgan fingerprint density at radius 3 is 2.32 bits per heavy atom. The van der Waals surface area contributed by atoms with Crippen LogP contribution in [-0.2, 0) is 17.5 Å². The van der Waals surface area contributed by atoms with Gasteiger partial charge in [-0.15, -0.1) is 0 Å². The van der Waals surface area contributed by atoms with Crippen LogP contribution in [0.15, 0.2) is 23.3 Å². The van der Waals surface area contributed by atoms with Gasteiger partial charge in [0.1, 0.15) is 5.71 Å². The SMILES string of the molecule is C/C(=N\N(C)C(=O)N1CCC2(CCCN2Cc2ccc(C(F)(F)F)cc2N2CCCCC2)CC1)C(=O)O. The Kier molecular flexibility index (Phi) is 8.01. The molecule has 1 N–H and O–H groups in total. The first-order chi connectivity index (χ1) is 17.5. The molecule has 0 unspecified atom stereocenters. The molecule has 0 radical (unpaired) electrons. The van der Waals surface area contributed by atoms with Gasteiger partial charge < -0.3 is 14.9 Å². The number of carboxylic acids is 1. The second-order valence-corrected chi connectivity index (χ2v) is 10.4. The van der Waals surface area contributed by atoms with E-state index in [2.05, 4.69) is 14.9 Å². The number of nitrogens with zero attached hydrogens (tertiary/aromatic N) is 5. The molecule has 0 aromatic heterocycles. The van der Waals surface area contributed by atoms with Crippen LogP contribution in [0.4, 0.5) is 23.7 Å². The molecule has 3 saturated heterocycles. The summed E-state index contributed by atoms with van der Waals surface area (Å²) in [5.41, 5.74) is 0.750. The lowest BCUT2D eigenvalue weighted by atomic mass is 9.84. The second kappa shape index (κ2) is 10.9. The van der Waals surface area contributed by atoms with Gasteiger partial charge in [0.2, 0.25) is 0 Å². The van der Waals surface area contributed by atoms with E-state index in [4.69, 9.17) is 5.11 Å². The number of alkyl halides is 3. The maximum atomic E-state index is 13.5. The number of aliphatic carboxylic acids is 1. The fourth-order valence-corrected chi connectivity index (χ4v) is 5.95. The smallest absolute Gasteiger partial charge is 0.416 e. The highest BCUT2D eigenvalue weighted by Crippen LogP contribution is 2.41. The van der Waals surface area contributed by atoms with Gasteiger partial charge in [0, 0.05) is 51.0 Å². The summed E-state index contributed by atoms with van der Waals surface area (Å²) < 4.78 is 40.6. The molecular weight excluding hydrogens is 487 g/mol. The number of carbonyl (C=O) groups excluding carboxylic acids is 1. The van der Waals surface area contributed by atoms with Gasteiger partial charge in [0.15, 0.2) is 0 Å². The Balaban J connectivity index is 1.48. The van der Waals surface area contributed by atoms with Gasteiger partial charge in [-0.3, -0.25) is 4.90 Å². The molecular formula is C26H36F3N5O3. The molecule has 1 aromatic rings. The van der Waals surface area contributed by atoms with Gasteiger partial charge in [0.05, 0.1) is 5.56 Å². The second-order valence-electron chi connectivity index (χ2n) is 10.4. The van der Waals surface area contributed by atoms with E-state index in [1.54, 1.807) is 11.0 Å². The van der Waals surface area contributed by atoms with Crippen LogP contribution in [0.25, 0.3) is 0 Å². The van der Waals surface area contributed by atoms with E-state index >= 15 is 0 Å². The quantitative estimate of drug-likeness (QED) is 0.450. The van der Waals surface area contributed by atoms with Crippen LogP contribution in [0.5, 0.6) is 0 Å². The van der Waals surface area contributed by atoms with E-state index in [1.807, 2.05) is 0 Å². The number of piperidine rings is 2. The van der Waals surface area contributed by atoms with Gasteiger partial charge in [-0.05, 0) is 76.1 Å². The molecule has 3 aliphatic rings. The molecule has 2 amide bonds. The number of urea groups is 1. The maximum Gasteiger partial charge on any atom is 0.416 e. The van der Waals surface area contributed by atoms with Crippen molar-refractivity contribution in [2.24, 2.45) is 5.10 Å². The molecule has 3 aliphatic heterocycles. The molecule has 4 rings (SSSR count). The van der Waals surface area contributed by atoms with Crippen LogP contribution < -0.4 is 4.90 Å². The summed E-state index contributed by atoms with van der Waals surface area (Å²) in [6.07, 6.45) is 2.21. The zero-order valence-electron chi connectivity index (χ0n) is 21.6. The number of hydrazone groups is 1. The molecule has 8 nitrogen and oxygen atoms in total. The number of amides is 2. The normalized spacial score (nSPS) is 20.9. The van der Waals surface area contributed by atoms with Crippen LogP contribution >= 0.6 is 0 Å². The first kappa shape index (κ1) is 27.2. The van der Waals surface area contributed by atoms with Crippen molar-refractivity contribution in [3.05, 3.63) is 29.3 Å². The van der Waals surface area contributed by atoms with E-state index < -0.39 is 17.7 Å². The number of carbonyl (C=O) groups is 2. The predicted octanol–water partition coefficient (Wildman–Crippen LogP) is 4.64. The summed E-state index contributed by atoms with van der Waals surface area (Å²) >= 11 is 0. The van der Waals surface area contributed by atoms with Crippen molar-refractivity contribution in [2.75, 3.05) is 44.7 Å². The van der Waals surface area contributed by atoms with Gasteiger partial charge in [-0.25, -0.2) is 14.6 Å². The Bertz CT molecular complexity index is 1030. The molecule has 0 atom stereocenters. The lowest BCUT2D eigenvalue weighted by Gasteiger charge is -2.45. The van der Waals surface area contributed by atoms with E-state index in [0.29, 0.717) is 25.3 Å². The molecule has 0 aliphatic carbocycles. The monoisotopic (exact) mass is 523 g/mol. The number of hydrogen-bond donors (Lipinski definition) is 1. The van der Waals surface area contributed by atoms with Crippen LogP contribution in [0.1, 0.15) is 63.0 Å². The highest BCUT2D eigenvalue weighted by atomic mass is 19.4. The number of rotatable bonds is 5. The van der Waals surface area contributed by atoms with E-state index in [1.165, 1.54) is 26.1 Å². The van der Waals surface area contributed by atoms with Gasteiger partial charge in [-0.2, -0.15) is 18.3 Å². The number of benzene rings is 1. The van der Waals surface area contributed by atoms with Crippen molar-refractivity contribution in [3.8, 4) is 0 Å². The number of carboxylic acid groups (broad SMARTS) is 1. The van der Waals surface area contributed by atoms with Crippen molar-refractivity contribution >= 4 is 23.4 Å². The topological polar surface area (TPSA) is 79.7 Å². The van der Waals surface area contributed by atoms with Gasteiger partial charge in [0.25, 0.3) is 0 Å². The average Bonchev–Trinajstić information content (AvgIpc) is 3.25. The summed E-state index contributed by atoms with van der Waals surface area (Å²) in [5.74, 6) is -1.17. The molecule has 204 valence electrons. The first-order valence-electron chi connectivity index (χ1n) is 13.0. The van der Waals surface area contributed by atoms with Crippen LogP contribution in [0.2, 0.25) is 0 Å². The van der Waals surface area contributed by atoms with Crippen molar-refractivity contribution in [1.82, 2.24) is 14.8 Å². The highest BCUT2D eigenvalue weighted by Gasteiger charge is 2.44. The Morgan fingerprint density at radius 1 is 1.03 bits per heavy atom. The zero-order valence-corrected chi connectivity index (χ0v) is 21.6. The molecule has 0 saturated carbocycles. The summed E-state index contributed by atoms with van der Waals surface area (Å²) in [7, 11) is 1.45. The predicted molar refractivity (Wildman–Crippen MR) is 135 cm³/mol. The average molecular weight is 524 g/mol. The molecule has 3 fully saturated rings. The third kappa shape index (κ3) is 6.02. The number of halogens is 3. The van der Waals surface area contributed by atoms with E-state index in [-0.39, 0.29) is 17.3 Å². The minimum atomic E-state index is -4.38. The summed E-state index contributed by atoms with van der Waals surface area (Å²) in [6.45, 7) is 5.38. The number of anilines is 1. The van der Waals surface area contributed by atoms with Crippen molar-refractivity contribution < 1.29 is 27.9 Å². The van der Waals surface area contributed by atoms with Gasteiger partial charge in [-0.1, -0.05) is 6.07 Å². The largest absolute Gasteiger partial charge is 0.477 e. The minimum Gasteiger partial charge on any atom is -0.477 e. The third-order valence-corrected chi connectivity index (χ3v) is 8.06. The Hall–Kier alpha value is -2.82. The molecule has 1 spiro atoms. The van der Waals surface area contributed by atoms with Crippen molar-refractivity contribution in [2.45, 2.75) is 70.1 Å². The number of hydrogen-bond acceptors (Lipinski definition) is 5. The van der Waals surface area contributed by atoms with Crippen molar-refractivity contribution in [1.29, 1.82) is 0 Å². The van der Waals surface area contributed by atoms with Crippen LogP contribution in [-0.4, -0.2) is 82.9 Å². The standard InChI is InChI=1S/C26H36F3N5O3/c1-19(23(35)36)30-31(2)24(37)33-15-10-25(11-16-33)9-6-14-34(25)18-20-7-8-21(26(27,28)29)17-22(20)32-12-4-3-5-13-32/h7-8,17H,3-6,9-16,18H2,1-2H3,(H,35,36)/b30-19+. The van der Waals surface area contributed by atoms with E-state index in [9.17, 15) is 22.8 Å². The van der Waals surface area contributed by atoms with Gasteiger partial charge >= 0.3 is 18.2 Å². The lowest BCUT2D eigenvalue weighted by Crippen LogP contribution is -2.54. The lowest BCUT2D eigenvalue weighted by molar-refractivity contribution is -0.137.